The van der Waals surface area contributed by atoms with Crippen LogP contribution < -0.4 is 5.32 Å². The Kier molecular flexibility index (Phi) is 7.17. The predicted octanol–water partition coefficient (Wildman–Crippen LogP) is -0.323. The van der Waals surface area contributed by atoms with E-state index in [1.807, 2.05) is 0 Å². The highest BCUT2D eigenvalue weighted by atomic mass is 32.2. The first-order chi connectivity index (χ1) is 7.33. The molecule has 0 saturated carbocycles. The molecular weight excluding hydrogens is 212 g/mol. The minimum atomic E-state index is -0.551. The lowest BCUT2D eigenvalue weighted by Gasteiger charge is -2.25. The van der Waals surface area contributed by atoms with Gasteiger partial charge in [-0.15, -0.1) is 0 Å². The first-order valence-electron chi connectivity index (χ1n) is 5.60. The Morgan fingerprint density at radius 3 is 2.73 bits per heavy atom. The van der Waals surface area contributed by atoms with Gasteiger partial charge < -0.3 is 15.0 Å². The van der Waals surface area contributed by atoms with Crippen molar-refractivity contribution in [2.75, 3.05) is 57.9 Å². The molecule has 1 N–H and O–H groups in total. The third-order valence-corrected chi connectivity index (χ3v) is 3.85. The second kappa shape index (κ2) is 8.21. The molecule has 4 nitrogen and oxygen atoms in total. The lowest BCUT2D eigenvalue weighted by Crippen LogP contribution is -2.41. The lowest BCUT2D eigenvalue weighted by atomic mass is 10.4. The maximum Gasteiger partial charge on any atom is 0.0474 e. The molecule has 15 heavy (non-hydrogen) atoms. The number of methoxy groups -OCH3 is 1. The number of nitrogens with one attached hydrogen (secondary N) is 1. The highest BCUT2D eigenvalue weighted by Gasteiger charge is 2.13. The summed E-state index contributed by atoms with van der Waals surface area (Å²) in [4.78, 5) is 2.38. The van der Waals surface area contributed by atoms with Crippen LogP contribution in [0.4, 0.5) is 0 Å². The highest BCUT2D eigenvalue weighted by Crippen LogP contribution is 1.98. The van der Waals surface area contributed by atoms with E-state index in [1.165, 1.54) is 0 Å². The molecule has 1 rings (SSSR count). The fourth-order valence-electron chi connectivity index (χ4n) is 1.60. The number of hydrogen-bond donors (Lipinski definition) is 1. The van der Waals surface area contributed by atoms with Gasteiger partial charge in [-0.3, -0.25) is 4.21 Å². The van der Waals surface area contributed by atoms with Gasteiger partial charge in [0.2, 0.25) is 0 Å². The van der Waals surface area contributed by atoms with Gasteiger partial charge in [0.15, 0.2) is 0 Å². The molecule has 0 aromatic carbocycles. The van der Waals surface area contributed by atoms with Crippen LogP contribution in [-0.4, -0.2) is 67.1 Å². The maximum absolute atomic E-state index is 11.1. The van der Waals surface area contributed by atoms with Crippen molar-refractivity contribution in [1.29, 1.82) is 0 Å². The van der Waals surface area contributed by atoms with Crippen molar-refractivity contribution < 1.29 is 8.95 Å². The van der Waals surface area contributed by atoms with Gasteiger partial charge in [0.1, 0.15) is 0 Å². The van der Waals surface area contributed by atoms with Crippen molar-refractivity contribution in [3.63, 3.8) is 0 Å². The molecule has 0 unspecified atom stereocenters. The van der Waals surface area contributed by atoms with E-state index in [9.17, 15) is 4.21 Å². The van der Waals surface area contributed by atoms with E-state index >= 15 is 0 Å². The summed E-state index contributed by atoms with van der Waals surface area (Å²) >= 11 is 0. The Labute approximate surface area is 94.8 Å². The molecule has 90 valence electrons. The van der Waals surface area contributed by atoms with Crippen LogP contribution in [0, 0.1) is 0 Å². The van der Waals surface area contributed by atoms with Crippen molar-refractivity contribution >= 4 is 10.8 Å². The van der Waals surface area contributed by atoms with Crippen LogP contribution in [-0.2, 0) is 15.5 Å². The fraction of sp³-hybridized carbons (Fsp3) is 1.00. The van der Waals surface area contributed by atoms with Crippen LogP contribution in [0.3, 0.4) is 0 Å². The minimum absolute atomic E-state index is 0.551. The molecule has 0 amide bonds. The van der Waals surface area contributed by atoms with E-state index in [1.54, 1.807) is 7.11 Å². The number of rotatable bonds is 7. The van der Waals surface area contributed by atoms with Crippen LogP contribution in [0.2, 0.25) is 0 Å². The van der Waals surface area contributed by atoms with Crippen molar-refractivity contribution in [1.82, 2.24) is 10.2 Å². The molecule has 1 saturated heterocycles. The van der Waals surface area contributed by atoms with E-state index in [4.69, 9.17) is 4.74 Å². The van der Waals surface area contributed by atoms with Crippen molar-refractivity contribution in [3.05, 3.63) is 0 Å². The zero-order chi connectivity index (χ0) is 10.9. The topological polar surface area (TPSA) is 41.6 Å². The second-order valence-corrected chi connectivity index (χ2v) is 5.48. The smallest absolute Gasteiger partial charge is 0.0474 e. The van der Waals surface area contributed by atoms with Gasteiger partial charge in [-0.1, -0.05) is 0 Å². The summed E-state index contributed by atoms with van der Waals surface area (Å²) in [5, 5.41) is 3.38. The Morgan fingerprint density at radius 2 is 2.07 bits per heavy atom. The third kappa shape index (κ3) is 6.25. The first-order valence-corrected chi connectivity index (χ1v) is 7.08. The zero-order valence-corrected chi connectivity index (χ0v) is 10.4. The highest BCUT2D eigenvalue weighted by molar-refractivity contribution is 7.85. The van der Waals surface area contributed by atoms with Crippen LogP contribution in [0.5, 0.6) is 0 Å². The predicted molar refractivity (Wildman–Crippen MR) is 63.7 cm³/mol. The van der Waals surface area contributed by atoms with E-state index in [0.29, 0.717) is 0 Å². The second-order valence-electron chi connectivity index (χ2n) is 3.79. The normalized spacial score (nSPS) is 19.5. The summed E-state index contributed by atoms with van der Waals surface area (Å²) in [6, 6.07) is 0. The summed E-state index contributed by atoms with van der Waals surface area (Å²) in [5.41, 5.74) is 0. The Balaban J connectivity index is 1.89. The van der Waals surface area contributed by atoms with E-state index in [-0.39, 0.29) is 0 Å². The Morgan fingerprint density at radius 1 is 1.33 bits per heavy atom. The van der Waals surface area contributed by atoms with Crippen LogP contribution in [0.25, 0.3) is 0 Å². The number of nitrogens with zero attached hydrogens (tertiary/aromatic N) is 1. The summed E-state index contributed by atoms with van der Waals surface area (Å²) in [6.07, 6.45) is 1.07. The summed E-state index contributed by atoms with van der Waals surface area (Å²) in [5.74, 6) is 1.70. The molecule has 1 heterocycles. The van der Waals surface area contributed by atoms with Gasteiger partial charge in [-0.2, -0.15) is 0 Å². The SMILES string of the molecule is COCCCNCCN1CCS(=O)CC1. The van der Waals surface area contributed by atoms with Gasteiger partial charge in [-0.05, 0) is 13.0 Å². The molecule has 0 spiro atoms. The Bertz CT molecular complexity index is 180. The summed E-state index contributed by atoms with van der Waals surface area (Å²) in [7, 11) is 1.18. The molecule has 0 bridgehead atoms. The van der Waals surface area contributed by atoms with Gasteiger partial charge in [0.25, 0.3) is 0 Å². The van der Waals surface area contributed by atoms with Gasteiger partial charge in [0.05, 0.1) is 0 Å². The molecule has 1 aliphatic rings. The molecule has 0 radical (unpaired) electrons. The molecule has 0 aliphatic carbocycles. The number of ether oxygens (including phenoxy) is 1. The fourth-order valence-corrected chi connectivity index (χ4v) is 2.73. The molecule has 1 fully saturated rings. The summed E-state index contributed by atoms with van der Waals surface area (Å²) < 4.78 is 16.1. The van der Waals surface area contributed by atoms with E-state index in [0.717, 1.165) is 57.3 Å². The average molecular weight is 234 g/mol. The van der Waals surface area contributed by atoms with Crippen LogP contribution in [0.15, 0.2) is 0 Å². The molecule has 0 atom stereocenters. The zero-order valence-electron chi connectivity index (χ0n) is 9.54. The van der Waals surface area contributed by atoms with Gasteiger partial charge >= 0.3 is 0 Å². The monoisotopic (exact) mass is 234 g/mol. The third-order valence-electron chi connectivity index (χ3n) is 2.58. The molecule has 5 heteroatoms. The molecule has 0 aromatic heterocycles. The Hall–Kier alpha value is 0.0300. The summed E-state index contributed by atoms with van der Waals surface area (Å²) in [6.45, 7) is 5.93. The van der Waals surface area contributed by atoms with E-state index in [2.05, 4.69) is 10.2 Å². The van der Waals surface area contributed by atoms with Gasteiger partial charge in [0, 0.05) is 62.2 Å². The first kappa shape index (κ1) is 13.1. The molecule has 1 aliphatic heterocycles. The largest absolute Gasteiger partial charge is 0.385 e. The number of hydrogen-bond acceptors (Lipinski definition) is 4. The van der Waals surface area contributed by atoms with Gasteiger partial charge in [-0.25, -0.2) is 0 Å². The lowest BCUT2D eigenvalue weighted by molar-refractivity contribution is 0.193. The maximum atomic E-state index is 11.1. The van der Waals surface area contributed by atoms with Crippen molar-refractivity contribution in [3.8, 4) is 0 Å². The standard InChI is InChI=1S/C10H22N2O2S/c1-14-8-2-3-11-4-5-12-6-9-15(13)10-7-12/h11H,2-10H2,1H3. The minimum Gasteiger partial charge on any atom is -0.385 e. The van der Waals surface area contributed by atoms with E-state index < -0.39 is 10.8 Å². The van der Waals surface area contributed by atoms with Crippen LogP contribution in [0.1, 0.15) is 6.42 Å². The quantitative estimate of drug-likeness (QED) is 0.613. The average Bonchev–Trinajstić information content (AvgIpc) is 2.26. The van der Waals surface area contributed by atoms with Crippen molar-refractivity contribution in [2.24, 2.45) is 0 Å². The molecular formula is C10H22N2O2S. The van der Waals surface area contributed by atoms with Crippen molar-refractivity contribution in [2.45, 2.75) is 6.42 Å². The molecule has 0 aromatic rings. The van der Waals surface area contributed by atoms with Crippen LogP contribution >= 0.6 is 0 Å².